The number of nitrogens with zero attached hydrogens (tertiary/aromatic N) is 4. The third-order valence-electron chi connectivity index (χ3n) is 6.05. The highest BCUT2D eigenvalue weighted by Gasteiger charge is 2.28. The predicted molar refractivity (Wildman–Crippen MR) is 144 cm³/mol. The number of nitriles is 1. The Morgan fingerprint density at radius 3 is 2.74 bits per heavy atom. The quantitative estimate of drug-likeness (QED) is 0.469. The number of fused-ring (bicyclic) bond motifs is 1. The normalized spacial score (nSPS) is 15.7. The van der Waals surface area contributed by atoms with E-state index in [1.807, 2.05) is 37.8 Å². The molecule has 1 aliphatic rings. The Balaban J connectivity index is 1.74. The number of hydrogen-bond acceptors (Lipinski definition) is 9. The molecule has 0 saturated carbocycles. The molecule has 1 aliphatic heterocycles. The molecule has 1 amide bonds. The number of rotatable bonds is 6. The fourth-order valence-electron chi connectivity index (χ4n) is 4.39. The van der Waals surface area contributed by atoms with Crippen LogP contribution >= 0.6 is 11.3 Å². The highest BCUT2D eigenvalue weighted by atomic mass is 32.1. The molecule has 1 fully saturated rings. The molecule has 1 unspecified atom stereocenters. The largest absolute Gasteiger partial charge is 0.461 e. The van der Waals surface area contributed by atoms with Crippen LogP contribution in [-0.2, 0) is 27.4 Å². The fourth-order valence-corrected chi connectivity index (χ4v) is 5.33. The molecule has 4 rings (SSSR count). The summed E-state index contributed by atoms with van der Waals surface area (Å²) < 4.78 is 12.6. The summed E-state index contributed by atoms with van der Waals surface area (Å²) in [4.78, 5) is 44.5. The summed E-state index contributed by atoms with van der Waals surface area (Å²) in [5, 5.41) is 14.3. The number of carbonyl (C=O) groups is 2. The Hall–Kier alpha value is -3.91. The first-order valence-electron chi connectivity index (χ1n) is 12.4. The number of hydrogen-bond donors (Lipinski definition) is 1. The van der Waals surface area contributed by atoms with Crippen molar-refractivity contribution >= 4 is 39.6 Å². The SMILES string of the molecule is CC(=O)OCc1csc2c(=O)n(Cc3ccccc3C#N)c(N3CCCC(NC(=O)OC(C)(C)C)C3)nc12. The first-order valence-corrected chi connectivity index (χ1v) is 13.3. The Morgan fingerprint density at radius 2 is 2.03 bits per heavy atom. The second kappa shape index (κ2) is 11.2. The number of nitrogens with one attached hydrogen (secondary N) is 1. The van der Waals surface area contributed by atoms with Crippen molar-refractivity contribution in [3.05, 3.63) is 56.7 Å². The number of thiophene rings is 1. The summed E-state index contributed by atoms with van der Waals surface area (Å²) in [7, 11) is 0. The van der Waals surface area contributed by atoms with Crippen molar-refractivity contribution in [2.24, 2.45) is 0 Å². The van der Waals surface area contributed by atoms with Gasteiger partial charge in [0.15, 0.2) is 0 Å². The maximum absolute atomic E-state index is 13.8. The average molecular weight is 538 g/mol. The van der Waals surface area contributed by atoms with Gasteiger partial charge in [-0.25, -0.2) is 9.78 Å². The van der Waals surface area contributed by atoms with Crippen molar-refractivity contribution in [2.75, 3.05) is 18.0 Å². The van der Waals surface area contributed by atoms with Gasteiger partial charge in [-0.15, -0.1) is 11.3 Å². The Kier molecular flexibility index (Phi) is 8.02. The molecule has 38 heavy (non-hydrogen) atoms. The second-order valence-electron chi connectivity index (χ2n) is 10.2. The van der Waals surface area contributed by atoms with E-state index in [1.165, 1.54) is 18.3 Å². The summed E-state index contributed by atoms with van der Waals surface area (Å²) in [6, 6.07) is 9.15. The molecule has 11 heteroatoms. The number of ether oxygens (including phenoxy) is 2. The van der Waals surface area contributed by atoms with Gasteiger partial charge in [-0.1, -0.05) is 18.2 Å². The van der Waals surface area contributed by atoms with Crippen molar-refractivity contribution in [3.63, 3.8) is 0 Å². The second-order valence-corrected chi connectivity index (χ2v) is 11.1. The van der Waals surface area contributed by atoms with Gasteiger partial charge in [0.2, 0.25) is 5.95 Å². The minimum absolute atomic E-state index is 0.0192. The van der Waals surface area contributed by atoms with Crippen molar-refractivity contribution < 1.29 is 19.1 Å². The van der Waals surface area contributed by atoms with Gasteiger partial charge in [0, 0.05) is 37.0 Å². The lowest BCUT2D eigenvalue weighted by Crippen LogP contribution is -2.50. The van der Waals surface area contributed by atoms with Crippen LogP contribution in [0.3, 0.4) is 0 Å². The number of benzene rings is 1. The summed E-state index contributed by atoms with van der Waals surface area (Å²) in [6.45, 7) is 8.01. The van der Waals surface area contributed by atoms with E-state index < -0.39 is 17.7 Å². The first kappa shape index (κ1) is 27.1. The van der Waals surface area contributed by atoms with Gasteiger partial charge >= 0.3 is 12.1 Å². The average Bonchev–Trinajstić information content (AvgIpc) is 3.26. The van der Waals surface area contributed by atoms with E-state index in [0.29, 0.717) is 45.9 Å². The predicted octanol–water partition coefficient (Wildman–Crippen LogP) is 3.93. The molecule has 3 aromatic rings. The van der Waals surface area contributed by atoms with Crippen LogP contribution < -0.4 is 15.8 Å². The number of carbonyl (C=O) groups excluding carboxylic acids is 2. The van der Waals surface area contributed by atoms with Gasteiger partial charge in [-0.2, -0.15) is 5.26 Å². The van der Waals surface area contributed by atoms with E-state index in [-0.39, 0.29) is 24.8 Å². The highest BCUT2D eigenvalue weighted by Crippen LogP contribution is 2.27. The molecule has 1 aromatic carbocycles. The first-order chi connectivity index (χ1) is 18.1. The standard InChI is InChI=1S/C27H31N5O5S/c1-17(33)36-15-20-16-38-23-22(20)30-25(32(24(23)34)13-19-9-6-5-8-18(19)12-28)31-11-7-10-21(14-31)29-26(35)37-27(2,3)4/h5-6,8-9,16,21H,7,10-11,13-15H2,1-4H3,(H,29,35). The summed E-state index contributed by atoms with van der Waals surface area (Å²) >= 11 is 1.25. The van der Waals surface area contributed by atoms with Gasteiger partial charge in [0.25, 0.3) is 5.56 Å². The Bertz CT molecular complexity index is 1450. The van der Waals surface area contributed by atoms with Gasteiger partial charge in [-0.3, -0.25) is 14.2 Å². The summed E-state index contributed by atoms with van der Waals surface area (Å²) in [6.07, 6.45) is 1.04. The maximum Gasteiger partial charge on any atom is 0.407 e. The van der Waals surface area contributed by atoms with Crippen molar-refractivity contribution in [1.29, 1.82) is 5.26 Å². The van der Waals surface area contributed by atoms with E-state index >= 15 is 0 Å². The Labute approximate surface area is 224 Å². The minimum atomic E-state index is -0.614. The fraction of sp³-hybridized carbons (Fsp3) is 0.444. The van der Waals surface area contributed by atoms with Crippen molar-refractivity contribution in [2.45, 2.75) is 65.3 Å². The molecule has 0 spiro atoms. The number of piperidine rings is 1. The van der Waals surface area contributed by atoms with Gasteiger partial charge in [0.1, 0.15) is 16.9 Å². The van der Waals surface area contributed by atoms with E-state index in [4.69, 9.17) is 14.5 Å². The smallest absolute Gasteiger partial charge is 0.407 e. The van der Waals surface area contributed by atoms with Crippen molar-refractivity contribution in [3.8, 4) is 6.07 Å². The van der Waals surface area contributed by atoms with Crippen LogP contribution in [0.25, 0.3) is 10.2 Å². The molecule has 3 heterocycles. The third-order valence-corrected chi connectivity index (χ3v) is 7.06. The topological polar surface area (TPSA) is 127 Å². The molecule has 1 saturated heterocycles. The zero-order valence-electron chi connectivity index (χ0n) is 21.9. The molecular formula is C27H31N5O5S. The molecule has 1 N–H and O–H groups in total. The number of amides is 1. The summed E-state index contributed by atoms with van der Waals surface area (Å²) in [5.41, 5.74) is 1.48. The van der Waals surface area contributed by atoms with Gasteiger partial charge < -0.3 is 19.7 Å². The molecule has 2 aromatic heterocycles. The highest BCUT2D eigenvalue weighted by molar-refractivity contribution is 7.17. The molecular weight excluding hydrogens is 506 g/mol. The third kappa shape index (κ3) is 6.31. The minimum Gasteiger partial charge on any atom is -0.461 e. The number of esters is 1. The zero-order valence-corrected chi connectivity index (χ0v) is 22.8. The van der Waals surface area contributed by atoms with Crippen LogP contribution in [0.15, 0.2) is 34.4 Å². The van der Waals surface area contributed by atoms with E-state index in [1.54, 1.807) is 22.1 Å². The molecule has 0 bridgehead atoms. The van der Waals surface area contributed by atoms with E-state index in [9.17, 15) is 19.6 Å². The lowest BCUT2D eigenvalue weighted by atomic mass is 10.1. The van der Waals surface area contributed by atoms with Gasteiger partial charge in [0.05, 0.1) is 23.7 Å². The van der Waals surface area contributed by atoms with Crippen LogP contribution in [0.4, 0.5) is 10.7 Å². The van der Waals surface area contributed by atoms with E-state index in [2.05, 4.69) is 11.4 Å². The molecule has 0 aliphatic carbocycles. The Morgan fingerprint density at radius 1 is 1.26 bits per heavy atom. The molecule has 10 nitrogen and oxygen atoms in total. The van der Waals surface area contributed by atoms with Crippen LogP contribution in [0.5, 0.6) is 0 Å². The van der Waals surface area contributed by atoms with Gasteiger partial charge in [-0.05, 0) is 45.2 Å². The molecule has 200 valence electrons. The number of alkyl carbamates (subject to hydrolysis) is 1. The monoisotopic (exact) mass is 537 g/mol. The van der Waals surface area contributed by atoms with Crippen molar-refractivity contribution in [1.82, 2.24) is 14.9 Å². The van der Waals surface area contributed by atoms with Crippen LogP contribution in [-0.4, -0.2) is 46.3 Å². The van der Waals surface area contributed by atoms with Crippen LogP contribution in [0.2, 0.25) is 0 Å². The lowest BCUT2D eigenvalue weighted by molar-refractivity contribution is -0.142. The zero-order chi connectivity index (χ0) is 27.4. The number of anilines is 1. The van der Waals surface area contributed by atoms with E-state index in [0.717, 1.165) is 12.8 Å². The molecule has 0 radical (unpaired) electrons. The lowest BCUT2D eigenvalue weighted by Gasteiger charge is -2.35. The maximum atomic E-state index is 13.8. The summed E-state index contributed by atoms with van der Waals surface area (Å²) in [5.74, 6) is 0.0199. The number of aromatic nitrogens is 2. The van der Waals surface area contributed by atoms with Crippen LogP contribution in [0, 0.1) is 11.3 Å². The molecule has 1 atom stereocenters. The van der Waals surface area contributed by atoms with Crippen LogP contribution in [0.1, 0.15) is 57.2 Å².